The molecule has 0 aromatic carbocycles. The zero-order valence-electron chi connectivity index (χ0n) is 10.8. The van der Waals surface area contributed by atoms with Gasteiger partial charge in [-0.1, -0.05) is 0 Å². The highest BCUT2D eigenvalue weighted by Gasteiger charge is 2.37. The topological polar surface area (TPSA) is 52.4 Å². The van der Waals surface area contributed by atoms with Gasteiger partial charge in [-0.3, -0.25) is 9.58 Å². The van der Waals surface area contributed by atoms with E-state index in [9.17, 15) is 0 Å². The molecule has 0 amide bonds. The van der Waals surface area contributed by atoms with Crippen molar-refractivity contribution < 1.29 is 9.47 Å². The lowest BCUT2D eigenvalue weighted by Gasteiger charge is -2.46. The molecule has 6 nitrogen and oxygen atoms in total. The van der Waals surface area contributed by atoms with Gasteiger partial charge >= 0.3 is 0 Å². The predicted molar refractivity (Wildman–Crippen MR) is 69.1 cm³/mol. The fourth-order valence-corrected chi connectivity index (χ4v) is 2.58. The van der Waals surface area contributed by atoms with Gasteiger partial charge in [0.2, 0.25) is 0 Å². The van der Waals surface area contributed by atoms with Crippen LogP contribution in [0.2, 0.25) is 0 Å². The number of fused-ring (bicyclic) bond motifs is 1. The van der Waals surface area contributed by atoms with Crippen molar-refractivity contribution in [3.8, 4) is 5.75 Å². The van der Waals surface area contributed by atoms with Crippen LogP contribution in [0.15, 0.2) is 18.5 Å². The second-order valence-corrected chi connectivity index (χ2v) is 5.20. The number of pyridine rings is 1. The van der Waals surface area contributed by atoms with Gasteiger partial charge in [0.25, 0.3) is 0 Å². The zero-order chi connectivity index (χ0) is 12.8. The number of rotatable bonds is 3. The van der Waals surface area contributed by atoms with Crippen molar-refractivity contribution in [2.75, 3.05) is 26.3 Å². The highest BCUT2D eigenvalue weighted by atomic mass is 16.5. The van der Waals surface area contributed by atoms with Crippen molar-refractivity contribution >= 4 is 11.0 Å². The molecule has 0 bridgehead atoms. The molecule has 0 aliphatic carbocycles. The predicted octanol–water partition coefficient (Wildman–Crippen LogP) is 0.430. The fourth-order valence-electron chi connectivity index (χ4n) is 2.58. The molecule has 6 heteroatoms. The van der Waals surface area contributed by atoms with Gasteiger partial charge in [0.1, 0.15) is 11.9 Å². The quantitative estimate of drug-likeness (QED) is 0.801. The third kappa shape index (κ3) is 1.79. The number of hydrogen-bond donors (Lipinski definition) is 0. The summed E-state index contributed by atoms with van der Waals surface area (Å²) in [5.74, 6) is 0.882. The van der Waals surface area contributed by atoms with Gasteiger partial charge in [0.05, 0.1) is 30.8 Å². The molecule has 2 aliphatic rings. The van der Waals surface area contributed by atoms with Gasteiger partial charge in [0.15, 0.2) is 5.65 Å². The Kier molecular flexibility index (Phi) is 2.46. The Morgan fingerprint density at radius 1 is 1.37 bits per heavy atom. The lowest BCUT2D eigenvalue weighted by Crippen LogP contribution is -2.62. The minimum Gasteiger partial charge on any atom is -0.487 e. The second-order valence-electron chi connectivity index (χ2n) is 5.20. The van der Waals surface area contributed by atoms with E-state index in [1.165, 1.54) is 0 Å². The molecule has 0 spiro atoms. The summed E-state index contributed by atoms with van der Waals surface area (Å²) in [5.41, 5.74) is 0.862. The van der Waals surface area contributed by atoms with E-state index in [0.717, 1.165) is 43.1 Å². The van der Waals surface area contributed by atoms with E-state index in [2.05, 4.69) is 15.0 Å². The molecule has 0 atom stereocenters. The first-order valence-electron chi connectivity index (χ1n) is 6.56. The lowest BCUT2D eigenvalue weighted by atomic mass is 10.1. The third-order valence-corrected chi connectivity index (χ3v) is 3.90. The lowest BCUT2D eigenvalue weighted by molar-refractivity contribution is -0.115. The molecule has 0 radical (unpaired) electrons. The van der Waals surface area contributed by atoms with Crippen LogP contribution in [0.3, 0.4) is 0 Å². The summed E-state index contributed by atoms with van der Waals surface area (Å²) in [6.45, 7) is 3.71. The highest BCUT2D eigenvalue weighted by Crippen LogP contribution is 2.27. The summed E-state index contributed by atoms with van der Waals surface area (Å²) < 4.78 is 13.0. The zero-order valence-corrected chi connectivity index (χ0v) is 10.8. The highest BCUT2D eigenvalue weighted by molar-refractivity contribution is 5.81. The Labute approximate surface area is 110 Å². The van der Waals surface area contributed by atoms with Crippen LogP contribution in [0.5, 0.6) is 5.75 Å². The van der Waals surface area contributed by atoms with E-state index < -0.39 is 0 Å². The SMILES string of the molecule is Cn1ncc2c(OC3CN(C4COC4)C3)ccnc21. The fraction of sp³-hybridized carbons (Fsp3) is 0.538. The van der Waals surface area contributed by atoms with Gasteiger partial charge < -0.3 is 9.47 Å². The monoisotopic (exact) mass is 260 g/mol. The minimum absolute atomic E-state index is 0.270. The third-order valence-electron chi connectivity index (χ3n) is 3.90. The van der Waals surface area contributed by atoms with E-state index in [-0.39, 0.29) is 6.10 Å². The Balaban J connectivity index is 1.47. The summed E-state index contributed by atoms with van der Waals surface area (Å²) >= 11 is 0. The maximum atomic E-state index is 6.05. The summed E-state index contributed by atoms with van der Waals surface area (Å²) in [5, 5.41) is 5.20. The van der Waals surface area contributed by atoms with Crippen molar-refractivity contribution in [2.45, 2.75) is 12.1 Å². The van der Waals surface area contributed by atoms with Crippen LogP contribution in [0.4, 0.5) is 0 Å². The van der Waals surface area contributed by atoms with Crippen molar-refractivity contribution in [2.24, 2.45) is 7.05 Å². The number of hydrogen-bond acceptors (Lipinski definition) is 5. The van der Waals surface area contributed by atoms with Gasteiger partial charge in [0, 0.05) is 26.3 Å². The molecule has 4 rings (SSSR count). The van der Waals surface area contributed by atoms with Crippen LogP contribution in [0, 0.1) is 0 Å². The smallest absolute Gasteiger partial charge is 0.161 e. The Bertz CT molecular complexity index is 602. The minimum atomic E-state index is 0.270. The van der Waals surface area contributed by atoms with E-state index in [1.54, 1.807) is 10.9 Å². The maximum absolute atomic E-state index is 6.05. The van der Waals surface area contributed by atoms with E-state index in [1.807, 2.05) is 19.3 Å². The van der Waals surface area contributed by atoms with Gasteiger partial charge in [-0.25, -0.2) is 4.98 Å². The van der Waals surface area contributed by atoms with E-state index in [0.29, 0.717) is 6.04 Å². The average Bonchev–Trinajstić information content (AvgIpc) is 2.67. The van der Waals surface area contributed by atoms with E-state index in [4.69, 9.17) is 9.47 Å². The van der Waals surface area contributed by atoms with Gasteiger partial charge in [-0.05, 0) is 6.07 Å². The number of likely N-dealkylation sites (tertiary alicyclic amines) is 1. The largest absolute Gasteiger partial charge is 0.487 e. The van der Waals surface area contributed by atoms with Crippen LogP contribution >= 0.6 is 0 Å². The van der Waals surface area contributed by atoms with Crippen LogP contribution in [0.25, 0.3) is 11.0 Å². The van der Waals surface area contributed by atoms with Crippen LogP contribution in [0.1, 0.15) is 0 Å². The van der Waals surface area contributed by atoms with Crippen LogP contribution < -0.4 is 4.74 Å². The molecule has 0 saturated carbocycles. The van der Waals surface area contributed by atoms with Crippen LogP contribution in [-0.4, -0.2) is 58.1 Å². The molecule has 100 valence electrons. The average molecular weight is 260 g/mol. The number of aryl methyl sites for hydroxylation is 1. The first-order valence-corrected chi connectivity index (χ1v) is 6.56. The molecular weight excluding hydrogens is 244 g/mol. The number of nitrogens with zero attached hydrogens (tertiary/aromatic N) is 4. The molecule has 2 fully saturated rings. The normalized spacial score (nSPS) is 21.3. The van der Waals surface area contributed by atoms with Gasteiger partial charge in [-0.15, -0.1) is 0 Å². The first-order chi connectivity index (χ1) is 9.31. The molecule has 2 saturated heterocycles. The maximum Gasteiger partial charge on any atom is 0.161 e. The van der Waals surface area contributed by atoms with Crippen LogP contribution in [-0.2, 0) is 11.8 Å². The van der Waals surface area contributed by atoms with Gasteiger partial charge in [-0.2, -0.15) is 5.10 Å². The molecule has 2 aromatic heterocycles. The standard InChI is InChI=1S/C13H16N4O2/c1-16-13-11(4-15-16)12(2-3-14-13)19-10-5-17(6-10)9-7-18-8-9/h2-4,9-10H,5-8H2,1H3. The summed E-state index contributed by atoms with van der Waals surface area (Å²) in [4.78, 5) is 6.72. The Morgan fingerprint density at radius 3 is 2.95 bits per heavy atom. The molecular formula is C13H16N4O2. The van der Waals surface area contributed by atoms with Crippen molar-refractivity contribution in [3.63, 3.8) is 0 Å². The Hall–Kier alpha value is -1.66. The number of aromatic nitrogens is 3. The molecule has 0 N–H and O–H groups in total. The van der Waals surface area contributed by atoms with Crippen molar-refractivity contribution in [3.05, 3.63) is 18.5 Å². The van der Waals surface area contributed by atoms with Crippen molar-refractivity contribution in [1.82, 2.24) is 19.7 Å². The molecule has 2 aliphatic heterocycles. The summed E-state index contributed by atoms with van der Waals surface area (Å²) in [6, 6.07) is 2.52. The summed E-state index contributed by atoms with van der Waals surface area (Å²) in [6.07, 6.45) is 3.86. The first kappa shape index (κ1) is 11.2. The molecule has 0 unspecified atom stereocenters. The second kappa shape index (κ2) is 4.18. The van der Waals surface area contributed by atoms with E-state index >= 15 is 0 Å². The molecule has 2 aromatic rings. The number of ether oxygens (including phenoxy) is 2. The molecule has 19 heavy (non-hydrogen) atoms. The summed E-state index contributed by atoms with van der Waals surface area (Å²) in [7, 11) is 1.89. The van der Waals surface area contributed by atoms with Crippen molar-refractivity contribution in [1.29, 1.82) is 0 Å². The Morgan fingerprint density at radius 2 is 2.21 bits per heavy atom. The molecule has 4 heterocycles.